The van der Waals surface area contributed by atoms with Crippen LogP contribution in [0.25, 0.3) is 0 Å². The van der Waals surface area contributed by atoms with Gasteiger partial charge in [0.2, 0.25) is 5.91 Å². The molecule has 3 N–H and O–H groups in total. The number of hydrogen-bond donors (Lipinski definition) is 2. The maximum absolute atomic E-state index is 12.0. The molecule has 0 radical (unpaired) electrons. The van der Waals surface area contributed by atoms with Gasteiger partial charge in [-0.1, -0.05) is 0 Å². The van der Waals surface area contributed by atoms with Crippen molar-refractivity contribution >= 4 is 17.5 Å². The number of hydrogen-bond acceptors (Lipinski definition) is 5. The van der Waals surface area contributed by atoms with Crippen LogP contribution in [0.1, 0.15) is 6.42 Å². The molecule has 1 aliphatic heterocycles. The lowest BCUT2D eigenvalue weighted by Gasteiger charge is -2.28. The molecule has 1 heterocycles. The molecule has 126 valence electrons. The van der Waals surface area contributed by atoms with Gasteiger partial charge in [0, 0.05) is 5.69 Å². The Bertz CT molecular complexity index is 577. The monoisotopic (exact) mass is 333 g/mol. The number of nitrogens with zero attached hydrogens (tertiary/aromatic N) is 1. The smallest absolute Gasteiger partial charge is 0.406 e. The molecule has 1 atom stereocenters. The molecule has 0 aromatic heterocycles. The third-order valence-corrected chi connectivity index (χ3v) is 2.95. The summed E-state index contributed by atoms with van der Waals surface area (Å²) in [4.78, 5) is 23.5. The maximum Gasteiger partial charge on any atom is 0.573 e. The predicted molar refractivity (Wildman–Crippen MR) is 72.0 cm³/mol. The molecule has 1 unspecified atom stereocenters. The molecule has 2 rings (SSSR count). The van der Waals surface area contributed by atoms with Crippen LogP contribution in [0.3, 0.4) is 0 Å². The molecule has 0 bridgehead atoms. The van der Waals surface area contributed by atoms with Crippen LogP contribution in [0.15, 0.2) is 24.3 Å². The summed E-state index contributed by atoms with van der Waals surface area (Å²) in [5.41, 5.74) is 0.261. The average Bonchev–Trinajstić information content (AvgIpc) is 2.44. The minimum atomic E-state index is -4.78. The van der Waals surface area contributed by atoms with Crippen molar-refractivity contribution in [2.24, 2.45) is 5.84 Å². The Labute approximate surface area is 129 Å². The van der Waals surface area contributed by atoms with Gasteiger partial charge < -0.3 is 14.8 Å². The van der Waals surface area contributed by atoms with Gasteiger partial charge in [0.05, 0.1) is 19.6 Å². The molecule has 0 spiro atoms. The molecule has 0 aliphatic carbocycles. The number of ether oxygens (including phenoxy) is 2. The van der Waals surface area contributed by atoms with E-state index in [0.29, 0.717) is 0 Å². The molecule has 10 heteroatoms. The van der Waals surface area contributed by atoms with Gasteiger partial charge in [-0.05, 0) is 24.3 Å². The van der Waals surface area contributed by atoms with E-state index in [2.05, 4.69) is 10.1 Å². The van der Waals surface area contributed by atoms with E-state index in [1.54, 1.807) is 0 Å². The molecule has 0 saturated carbocycles. The molecule has 23 heavy (non-hydrogen) atoms. The Kier molecular flexibility index (Phi) is 5.06. The first-order valence-corrected chi connectivity index (χ1v) is 6.58. The number of carbonyl (C=O) groups excluding carboxylic acids is 2. The van der Waals surface area contributed by atoms with Gasteiger partial charge in [-0.2, -0.15) is 0 Å². The molecule has 7 nitrogen and oxygen atoms in total. The second kappa shape index (κ2) is 6.84. The topological polar surface area (TPSA) is 93.9 Å². The lowest BCUT2D eigenvalue weighted by atomic mass is 10.2. The van der Waals surface area contributed by atoms with Crippen molar-refractivity contribution in [1.29, 1.82) is 0 Å². The van der Waals surface area contributed by atoms with Crippen molar-refractivity contribution in [1.82, 2.24) is 5.01 Å². The van der Waals surface area contributed by atoms with Crippen molar-refractivity contribution in [3.63, 3.8) is 0 Å². The Morgan fingerprint density at radius 3 is 2.65 bits per heavy atom. The van der Waals surface area contributed by atoms with Gasteiger partial charge in [-0.3, -0.25) is 14.6 Å². The standard InChI is InChI=1S/C13H14F3N3O4/c14-13(15,16)23-9-3-1-8(2-4-9)18-11(20)7-10-12(21)19(17)5-6-22-10/h1-4,10H,5-7,17H2,(H,18,20). The second-order valence-corrected chi connectivity index (χ2v) is 4.72. The summed E-state index contributed by atoms with van der Waals surface area (Å²) in [6.45, 7) is 0.473. The molecular weight excluding hydrogens is 319 g/mol. The van der Waals surface area contributed by atoms with Crippen molar-refractivity contribution in [3.8, 4) is 5.75 Å². The van der Waals surface area contributed by atoms with Crippen molar-refractivity contribution in [2.75, 3.05) is 18.5 Å². The summed E-state index contributed by atoms with van der Waals surface area (Å²) >= 11 is 0. The maximum atomic E-state index is 12.0. The summed E-state index contributed by atoms with van der Waals surface area (Å²) in [7, 11) is 0. The number of rotatable bonds is 4. The molecular formula is C13H14F3N3O4. The highest BCUT2D eigenvalue weighted by Crippen LogP contribution is 2.24. The normalized spacial score (nSPS) is 18.7. The highest BCUT2D eigenvalue weighted by atomic mass is 19.4. The van der Waals surface area contributed by atoms with Gasteiger partial charge in [0.25, 0.3) is 5.91 Å². The van der Waals surface area contributed by atoms with Crippen LogP contribution in [-0.4, -0.2) is 42.4 Å². The second-order valence-electron chi connectivity index (χ2n) is 4.72. The largest absolute Gasteiger partial charge is 0.573 e. The number of anilines is 1. The fourth-order valence-electron chi connectivity index (χ4n) is 1.93. The van der Waals surface area contributed by atoms with Crippen LogP contribution < -0.4 is 15.9 Å². The van der Waals surface area contributed by atoms with Crippen LogP contribution >= 0.6 is 0 Å². The number of halogens is 3. The van der Waals surface area contributed by atoms with E-state index >= 15 is 0 Å². The van der Waals surface area contributed by atoms with E-state index in [0.717, 1.165) is 17.1 Å². The number of nitrogens with two attached hydrogens (primary N) is 1. The third-order valence-electron chi connectivity index (χ3n) is 2.95. The first kappa shape index (κ1) is 17.0. The van der Waals surface area contributed by atoms with Crippen LogP contribution in [0.2, 0.25) is 0 Å². The minimum Gasteiger partial charge on any atom is -0.406 e. The fraction of sp³-hybridized carbons (Fsp3) is 0.385. The highest BCUT2D eigenvalue weighted by Gasteiger charge is 2.31. The Morgan fingerprint density at radius 1 is 1.39 bits per heavy atom. The van der Waals surface area contributed by atoms with Crippen molar-refractivity contribution in [2.45, 2.75) is 18.9 Å². The molecule has 1 saturated heterocycles. The Morgan fingerprint density at radius 2 is 2.04 bits per heavy atom. The van der Waals surface area contributed by atoms with Crippen molar-refractivity contribution in [3.05, 3.63) is 24.3 Å². The van der Waals surface area contributed by atoms with Crippen molar-refractivity contribution < 1.29 is 32.2 Å². The summed E-state index contributed by atoms with van der Waals surface area (Å²) in [5, 5.41) is 3.42. The van der Waals surface area contributed by atoms with Crippen LogP contribution in [0.5, 0.6) is 5.75 Å². The quantitative estimate of drug-likeness (QED) is 0.634. The zero-order valence-electron chi connectivity index (χ0n) is 11.8. The zero-order valence-corrected chi connectivity index (χ0v) is 11.8. The average molecular weight is 333 g/mol. The lowest BCUT2D eigenvalue weighted by Crippen LogP contribution is -2.52. The van der Waals surface area contributed by atoms with E-state index in [-0.39, 0.29) is 25.3 Å². The highest BCUT2D eigenvalue weighted by molar-refractivity contribution is 5.95. The van der Waals surface area contributed by atoms with Gasteiger partial charge in [-0.25, -0.2) is 5.84 Å². The predicted octanol–water partition coefficient (Wildman–Crippen LogP) is 1.01. The SMILES string of the molecule is NN1CCOC(CC(=O)Nc2ccc(OC(F)(F)F)cc2)C1=O. The lowest BCUT2D eigenvalue weighted by molar-refractivity contribution is -0.274. The summed E-state index contributed by atoms with van der Waals surface area (Å²) < 4.78 is 45.0. The molecule has 2 amide bonds. The third kappa shape index (κ3) is 5.11. The Balaban J connectivity index is 1.89. The molecule has 1 aromatic rings. The number of hydrazine groups is 1. The number of amides is 2. The van der Waals surface area contributed by atoms with Crippen LogP contribution in [0, 0.1) is 0 Å². The van der Waals surface area contributed by atoms with Crippen LogP contribution in [-0.2, 0) is 14.3 Å². The molecule has 1 aromatic carbocycles. The van der Waals surface area contributed by atoms with Gasteiger partial charge >= 0.3 is 6.36 Å². The van der Waals surface area contributed by atoms with Gasteiger partial charge in [0.15, 0.2) is 0 Å². The van der Waals surface area contributed by atoms with Crippen LogP contribution in [0.4, 0.5) is 18.9 Å². The summed E-state index contributed by atoms with van der Waals surface area (Å²) in [6, 6.07) is 4.62. The molecule has 1 aliphatic rings. The van der Waals surface area contributed by atoms with E-state index in [4.69, 9.17) is 10.6 Å². The van der Waals surface area contributed by atoms with E-state index in [9.17, 15) is 22.8 Å². The number of carbonyl (C=O) groups is 2. The number of morpholine rings is 1. The Hall–Kier alpha value is -2.33. The number of benzene rings is 1. The number of nitrogens with one attached hydrogen (secondary N) is 1. The minimum absolute atomic E-state index is 0.226. The summed E-state index contributed by atoms with van der Waals surface area (Å²) in [6.07, 6.45) is -5.99. The van der Waals surface area contributed by atoms with E-state index < -0.39 is 30.0 Å². The van der Waals surface area contributed by atoms with Gasteiger partial charge in [-0.15, -0.1) is 13.2 Å². The zero-order chi connectivity index (χ0) is 17.0. The van der Waals surface area contributed by atoms with E-state index in [1.165, 1.54) is 12.1 Å². The molecule has 1 fully saturated rings. The summed E-state index contributed by atoms with van der Waals surface area (Å²) in [5.74, 6) is 4.00. The first-order chi connectivity index (χ1) is 10.7. The van der Waals surface area contributed by atoms with E-state index in [1.807, 2.05) is 0 Å². The fourth-order valence-corrected chi connectivity index (χ4v) is 1.93. The first-order valence-electron chi connectivity index (χ1n) is 6.58. The number of alkyl halides is 3. The van der Waals surface area contributed by atoms with Gasteiger partial charge in [0.1, 0.15) is 11.9 Å².